The number of anilines is 1. The number of carbonyl (C=O) groups is 1. The second kappa shape index (κ2) is 5.50. The predicted molar refractivity (Wildman–Crippen MR) is 67.9 cm³/mol. The summed E-state index contributed by atoms with van der Waals surface area (Å²) in [6, 6.07) is 5.96. The molecule has 0 bridgehead atoms. The van der Waals surface area contributed by atoms with E-state index in [0.717, 1.165) is 31.7 Å². The standard InChI is InChI=1S/C13H16N4O/c1-10(18)17-6-4-12(5-7-17)16-13-3-2-11(8-14)9-15-13/h2-3,9,12H,4-7H2,1H3,(H,15,16). The molecule has 2 heterocycles. The Hall–Kier alpha value is -2.09. The van der Waals surface area contributed by atoms with Crippen LogP contribution in [0.3, 0.4) is 0 Å². The van der Waals surface area contributed by atoms with Gasteiger partial charge in [-0.25, -0.2) is 4.98 Å². The first-order valence-electron chi connectivity index (χ1n) is 6.07. The van der Waals surface area contributed by atoms with Gasteiger partial charge in [-0.1, -0.05) is 0 Å². The topological polar surface area (TPSA) is 69.0 Å². The lowest BCUT2D eigenvalue weighted by molar-refractivity contribution is -0.129. The maximum Gasteiger partial charge on any atom is 0.219 e. The molecule has 0 aliphatic carbocycles. The Morgan fingerprint density at radius 2 is 2.22 bits per heavy atom. The van der Waals surface area contributed by atoms with Gasteiger partial charge in [0.25, 0.3) is 0 Å². The monoisotopic (exact) mass is 244 g/mol. The number of carbonyl (C=O) groups excluding carboxylic acids is 1. The van der Waals surface area contributed by atoms with Crippen molar-refractivity contribution in [3.63, 3.8) is 0 Å². The number of aromatic nitrogens is 1. The van der Waals surface area contributed by atoms with Crippen LogP contribution in [0.25, 0.3) is 0 Å². The first-order chi connectivity index (χ1) is 8.69. The number of rotatable bonds is 2. The van der Waals surface area contributed by atoms with E-state index in [1.54, 1.807) is 19.2 Å². The van der Waals surface area contributed by atoms with E-state index in [9.17, 15) is 4.79 Å². The number of amides is 1. The van der Waals surface area contributed by atoms with Crippen LogP contribution in [-0.4, -0.2) is 34.9 Å². The van der Waals surface area contributed by atoms with Crippen LogP contribution < -0.4 is 5.32 Å². The maximum atomic E-state index is 11.2. The van der Waals surface area contributed by atoms with Gasteiger partial charge in [0, 0.05) is 32.3 Å². The largest absolute Gasteiger partial charge is 0.367 e. The average Bonchev–Trinajstić information content (AvgIpc) is 2.40. The first kappa shape index (κ1) is 12.4. The Labute approximate surface area is 106 Å². The van der Waals surface area contributed by atoms with Gasteiger partial charge in [0.05, 0.1) is 5.56 Å². The minimum absolute atomic E-state index is 0.143. The van der Waals surface area contributed by atoms with Crippen molar-refractivity contribution in [3.05, 3.63) is 23.9 Å². The van der Waals surface area contributed by atoms with Crippen molar-refractivity contribution in [1.29, 1.82) is 5.26 Å². The average molecular weight is 244 g/mol. The van der Waals surface area contributed by atoms with Crippen molar-refractivity contribution in [2.45, 2.75) is 25.8 Å². The van der Waals surface area contributed by atoms with Crippen molar-refractivity contribution in [3.8, 4) is 6.07 Å². The minimum Gasteiger partial charge on any atom is -0.367 e. The van der Waals surface area contributed by atoms with Crippen molar-refractivity contribution in [2.75, 3.05) is 18.4 Å². The summed E-state index contributed by atoms with van der Waals surface area (Å²) in [5.74, 6) is 0.931. The molecule has 1 fully saturated rings. The number of hydrogen-bond donors (Lipinski definition) is 1. The molecule has 1 amide bonds. The molecule has 1 saturated heterocycles. The molecule has 0 atom stereocenters. The molecular weight excluding hydrogens is 228 g/mol. The third-order valence-electron chi connectivity index (χ3n) is 3.18. The SMILES string of the molecule is CC(=O)N1CCC(Nc2ccc(C#N)cn2)CC1. The summed E-state index contributed by atoms with van der Waals surface area (Å²) in [6.07, 6.45) is 3.43. The van der Waals surface area contributed by atoms with Crippen molar-refractivity contribution >= 4 is 11.7 Å². The summed E-state index contributed by atoms with van der Waals surface area (Å²) in [5, 5.41) is 12.0. The van der Waals surface area contributed by atoms with E-state index in [0.29, 0.717) is 11.6 Å². The number of hydrogen-bond acceptors (Lipinski definition) is 4. The molecule has 1 aliphatic rings. The molecule has 18 heavy (non-hydrogen) atoms. The van der Waals surface area contributed by atoms with Gasteiger partial charge in [-0.2, -0.15) is 5.26 Å². The molecular formula is C13H16N4O. The number of likely N-dealkylation sites (tertiary alicyclic amines) is 1. The molecule has 5 heteroatoms. The summed E-state index contributed by atoms with van der Waals surface area (Å²) in [7, 11) is 0. The Kier molecular flexibility index (Phi) is 3.78. The number of nitrogens with one attached hydrogen (secondary N) is 1. The summed E-state index contributed by atoms with van der Waals surface area (Å²) < 4.78 is 0. The summed E-state index contributed by atoms with van der Waals surface area (Å²) >= 11 is 0. The molecule has 2 rings (SSSR count). The van der Waals surface area contributed by atoms with E-state index < -0.39 is 0 Å². The molecule has 1 aromatic rings. The lowest BCUT2D eigenvalue weighted by Crippen LogP contribution is -2.41. The van der Waals surface area contributed by atoms with E-state index in [1.165, 1.54) is 0 Å². The number of nitriles is 1. The molecule has 0 radical (unpaired) electrons. The second-order valence-electron chi connectivity index (χ2n) is 4.47. The Bertz CT molecular complexity index is 455. The van der Waals surface area contributed by atoms with Crippen LogP contribution in [0.5, 0.6) is 0 Å². The van der Waals surface area contributed by atoms with Crippen molar-refractivity contribution < 1.29 is 4.79 Å². The summed E-state index contributed by atoms with van der Waals surface area (Å²) in [4.78, 5) is 17.2. The van der Waals surface area contributed by atoms with Gasteiger partial charge >= 0.3 is 0 Å². The Balaban J connectivity index is 1.87. The fraction of sp³-hybridized carbons (Fsp3) is 0.462. The number of piperidine rings is 1. The quantitative estimate of drug-likeness (QED) is 0.853. The van der Waals surface area contributed by atoms with Crippen LogP contribution in [0, 0.1) is 11.3 Å². The van der Waals surface area contributed by atoms with Gasteiger partial charge in [-0.05, 0) is 25.0 Å². The number of pyridine rings is 1. The third-order valence-corrected chi connectivity index (χ3v) is 3.18. The fourth-order valence-corrected chi connectivity index (χ4v) is 2.09. The van der Waals surface area contributed by atoms with Crippen molar-refractivity contribution in [2.24, 2.45) is 0 Å². The number of nitrogens with zero attached hydrogens (tertiary/aromatic N) is 3. The van der Waals surface area contributed by atoms with E-state index in [1.807, 2.05) is 17.0 Å². The van der Waals surface area contributed by atoms with Gasteiger partial charge in [-0.15, -0.1) is 0 Å². The fourth-order valence-electron chi connectivity index (χ4n) is 2.09. The highest BCUT2D eigenvalue weighted by molar-refractivity contribution is 5.73. The van der Waals surface area contributed by atoms with Gasteiger partial charge < -0.3 is 10.2 Å². The lowest BCUT2D eigenvalue weighted by atomic mass is 10.1. The third kappa shape index (κ3) is 2.98. The zero-order valence-electron chi connectivity index (χ0n) is 10.4. The Morgan fingerprint density at radius 3 is 2.72 bits per heavy atom. The van der Waals surface area contributed by atoms with E-state index in [4.69, 9.17) is 5.26 Å². The highest BCUT2D eigenvalue weighted by Gasteiger charge is 2.20. The van der Waals surface area contributed by atoms with Crippen LogP contribution in [0.2, 0.25) is 0 Å². The van der Waals surface area contributed by atoms with Gasteiger partial charge in [0.1, 0.15) is 11.9 Å². The molecule has 1 aliphatic heterocycles. The normalized spacial score (nSPS) is 16.1. The van der Waals surface area contributed by atoms with Crippen LogP contribution in [0.1, 0.15) is 25.3 Å². The molecule has 0 unspecified atom stereocenters. The molecule has 1 N–H and O–H groups in total. The minimum atomic E-state index is 0.143. The molecule has 0 aromatic carbocycles. The van der Waals surface area contributed by atoms with Crippen LogP contribution in [-0.2, 0) is 4.79 Å². The molecule has 0 spiro atoms. The second-order valence-corrected chi connectivity index (χ2v) is 4.47. The van der Waals surface area contributed by atoms with Gasteiger partial charge in [0.2, 0.25) is 5.91 Å². The zero-order valence-corrected chi connectivity index (χ0v) is 10.4. The van der Waals surface area contributed by atoms with Crippen LogP contribution >= 0.6 is 0 Å². The molecule has 0 saturated carbocycles. The highest BCUT2D eigenvalue weighted by atomic mass is 16.2. The van der Waals surface area contributed by atoms with Crippen LogP contribution in [0.15, 0.2) is 18.3 Å². The predicted octanol–water partition coefficient (Wildman–Crippen LogP) is 1.38. The van der Waals surface area contributed by atoms with E-state index in [-0.39, 0.29) is 5.91 Å². The molecule has 94 valence electrons. The van der Waals surface area contributed by atoms with Gasteiger partial charge in [-0.3, -0.25) is 4.79 Å². The van der Waals surface area contributed by atoms with E-state index in [2.05, 4.69) is 10.3 Å². The maximum absolute atomic E-state index is 11.2. The smallest absolute Gasteiger partial charge is 0.219 e. The van der Waals surface area contributed by atoms with E-state index >= 15 is 0 Å². The Morgan fingerprint density at radius 1 is 1.50 bits per heavy atom. The molecule has 5 nitrogen and oxygen atoms in total. The highest BCUT2D eigenvalue weighted by Crippen LogP contribution is 2.15. The lowest BCUT2D eigenvalue weighted by Gasteiger charge is -2.31. The van der Waals surface area contributed by atoms with Crippen LogP contribution in [0.4, 0.5) is 5.82 Å². The van der Waals surface area contributed by atoms with Crippen molar-refractivity contribution in [1.82, 2.24) is 9.88 Å². The zero-order chi connectivity index (χ0) is 13.0. The first-order valence-corrected chi connectivity index (χ1v) is 6.07. The summed E-state index contributed by atoms with van der Waals surface area (Å²) in [5.41, 5.74) is 0.562. The molecule has 1 aromatic heterocycles. The summed E-state index contributed by atoms with van der Waals surface area (Å²) in [6.45, 7) is 3.20. The van der Waals surface area contributed by atoms with Gasteiger partial charge in [0.15, 0.2) is 0 Å².